The Morgan fingerprint density at radius 1 is 0.978 bits per heavy atom. The fraction of sp³-hybridized carbons (Fsp3) is 0.531. The van der Waals surface area contributed by atoms with Crippen molar-refractivity contribution in [2.24, 2.45) is 0 Å². The normalized spacial score (nSPS) is 39.7. The molecule has 7 N–H and O–H groups in total. The number of aromatic hydroxyl groups is 1. The first-order chi connectivity index (χ1) is 21.9. The molecule has 2 aromatic rings. The number of carbonyl (C=O) groups is 1. The first-order valence-corrected chi connectivity index (χ1v) is 15.1. The highest BCUT2D eigenvalue weighted by Gasteiger charge is 2.58. The molecule has 3 saturated heterocycles. The van der Waals surface area contributed by atoms with E-state index in [2.05, 4.69) is 5.32 Å². The van der Waals surface area contributed by atoms with Gasteiger partial charge in [-0.25, -0.2) is 0 Å². The molecule has 0 spiro atoms. The highest BCUT2D eigenvalue weighted by Crippen LogP contribution is 2.46. The molecular weight excluding hydrogens is 604 g/mol. The maximum atomic E-state index is 12.9. The van der Waals surface area contributed by atoms with Crippen LogP contribution in [-0.4, -0.2) is 122 Å². The molecule has 14 nitrogen and oxygen atoms in total. The number of aliphatic hydroxyl groups is 5. The van der Waals surface area contributed by atoms with Crippen LogP contribution in [0, 0.1) is 0 Å². The van der Waals surface area contributed by atoms with Crippen molar-refractivity contribution in [1.82, 2.24) is 10.4 Å². The zero-order chi connectivity index (χ0) is 32.9. The number of nitrogens with zero attached hydrogens (tertiary/aromatic N) is 1. The minimum atomic E-state index is -1.49. The highest BCUT2D eigenvalue weighted by atomic mass is 16.7. The quantitative estimate of drug-likeness (QED) is 0.194. The second kappa shape index (κ2) is 12.8. The van der Waals surface area contributed by atoms with E-state index in [1.807, 2.05) is 37.3 Å². The SMILES string of the molecule is C/C(=C\c1ccc(O[C@@H]2O[C@H](C3(C)CC(c4ccccc4)ON3C)[C@@H](O)[C@@H]2O)c(O)c1)C(=O)NC1[C@@H](O)[C@@H]2OCO[C@@H]2[C@H](O)[C@H]1O. The number of hydrogen-bond acceptors (Lipinski definition) is 13. The summed E-state index contributed by atoms with van der Waals surface area (Å²) in [6.07, 6.45) is -9.20. The molecule has 14 heteroatoms. The van der Waals surface area contributed by atoms with Crippen molar-refractivity contribution in [2.45, 2.75) is 93.1 Å². The van der Waals surface area contributed by atoms with E-state index in [9.17, 15) is 35.4 Å². The van der Waals surface area contributed by atoms with E-state index in [1.165, 1.54) is 25.1 Å². The van der Waals surface area contributed by atoms with E-state index < -0.39 is 72.6 Å². The Hall–Kier alpha value is -3.15. The van der Waals surface area contributed by atoms with Crippen LogP contribution in [0.3, 0.4) is 0 Å². The van der Waals surface area contributed by atoms with Gasteiger partial charge in [-0.2, -0.15) is 5.06 Å². The monoisotopic (exact) mass is 644 g/mol. The minimum absolute atomic E-state index is 0.0183. The number of rotatable bonds is 7. The number of phenols is 1. The van der Waals surface area contributed by atoms with E-state index in [4.69, 9.17) is 23.8 Å². The zero-order valence-electron chi connectivity index (χ0n) is 25.5. The van der Waals surface area contributed by atoms with Gasteiger partial charge in [-0.05, 0) is 43.2 Å². The molecule has 6 rings (SSSR count). The Kier molecular flexibility index (Phi) is 9.12. The van der Waals surface area contributed by atoms with Crippen LogP contribution in [0.4, 0.5) is 0 Å². The Labute approximate surface area is 265 Å². The summed E-state index contributed by atoms with van der Waals surface area (Å²) in [5.74, 6) is -0.952. The molecule has 0 aromatic heterocycles. The standard InChI is InChI=1S/C32H40N2O12/c1-15(30(41)33-21-22(36)24(38)28-27(23(21)37)42-14-43-28)11-16-9-10-19(18(35)12-16)44-31-26(40)25(39)29(45-31)32(2)13-20(46-34(32)3)17-7-5-4-6-8-17/h4-12,20-29,31,35-40H,13-14H2,1-3H3,(H,33,41)/b15-11+/t20?,21?,22-,23+,24+,25-,26-,27-,28+,29-,31+,32?/m0/s1. The van der Waals surface area contributed by atoms with Gasteiger partial charge in [0.2, 0.25) is 12.2 Å². The summed E-state index contributed by atoms with van der Waals surface area (Å²) in [6, 6.07) is 12.8. The van der Waals surface area contributed by atoms with Crippen LogP contribution in [-0.2, 0) is 23.8 Å². The summed E-state index contributed by atoms with van der Waals surface area (Å²) in [5, 5.41) is 68.2. The number of hydrogen-bond donors (Lipinski definition) is 7. The molecule has 12 atom stereocenters. The molecule has 46 heavy (non-hydrogen) atoms. The van der Waals surface area contributed by atoms with Gasteiger partial charge in [0, 0.05) is 19.0 Å². The smallest absolute Gasteiger partial charge is 0.247 e. The summed E-state index contributed by atoms with van der Waals surface area (Å²) < 4.78 is 22.4. The molecule has 1 amide bonds. The number of hydroxylamine groups is 2. The molecule has 4 fully saturated rings. The molecule has 4 aliphatic rings. The van der Waals surface area contributed by atoms with Gasteiger partial charge in [-0.3, -0.25) is 9.63 Å². The third-order valence-electron chi connectivity index (χ3n) is 9.48. The molecule has 1 saturated carbocycles. The van der Waals surface area contributed by atoms with E-state index >= 15 is 0 Å². The van der Waals surface area contributed by atoms with Crippen LogP contribution >= 0.6 is 0 Å². The van der Waals surface area contributed by atoms with E-state index in [0.29, 0.717) is 12.0 Å². The van der Waals surface area contributed by atoms with Crippen LogP contribution in [0.1, 0.15) is 37.5 Å². The summed E-state index contributed by atoms with van der Waals surface area (Å²) in [5.41, 5.74) is 0.762. The van der Waals surface area contributed by atoms with Gasteiger partial charge >= 0.3 is 0 Å². The number of ether oxygens (including phenoxy) is 4. The lowest BCUT2D eigenvalue weighted by Crippen LogP contribution is -2.67. The van der Waals surface area contributed by atoms with Crippen molar-refractivity contribution in [3.05, 3.63) is 65.2 Å². The molecule has 0 radical (unpaired) electrons. The molecule has 3 aliphatic heterocycles. The Bertz CT molecular complexity index is 1440. The lowest BCUT2D eigenvalue weighted by Gasteiger charge is -2.41. The predicted octanol–water partition coefficient (Wildman–Crippen LogP) is -0.289. The number of fused-ring (bicyclic) bond motifs is 1. The fourth-order valence-electron chi connectivity index (χ4n) is 6.64. The summed E-state index contributed by atoms with van der Waals surface area (Å²) >= 11 is 0. The van der Waals surface area contributed by atoms with Crippen LogP contribution < -0.4 is 10.1 Å². The summed E-state index contributed by atoms with van der Waals surface area (Å²) in [6.45, 7) is 3.23. The van der Waals surface area contributed by atoms with Gasteiger partial charge in [0.05, 0.1) is 11.6 Å². The van der Waals surface area contributed by atoms with Crippen LogP contribution in [0.5, 0.6) is 11.5 Å². The number of carbonyl (C=O) groups excluding carboxylic acids is 1. The van der Waals surface area contributed by atoms with Crippen LogP contribution in [0.2, 0.25) is 0 Å². The lowest BCUT2D eigenvalue weighted by molar-refractivity contribution is -0.209. The van der Waals surface area contributed by atoms with Crippen molar-refractivity contribution in [2.75, 3.05) is 13.8 Å². The second-order valence-electron chi connectivity index (χ2n) is 12.5. The molecule has 0 bridgehead atoms. The van der Waals surface area contributed by atoms with Gasteiger partial charge in [0.15, 0.2) is 11.5 Å². The third kappa shape index (κ3) is 5.90. The molecule has 3 unspecified atom stereocenters. The Balaban J connectivity index is 1.10. The van der Waals surface area contributed by atoms with Crippen molar-refractivity contribution < 1.29 is 59.2 Å². The predicted molar refractivity (Wildman–Crippen MR) is 159 cm³/mol. The van der Waals surface area contributed by atoms with Crippen LogP contribution in [0.25, 0.3) is 6.08 Å². The van der Waals surface area contributed by atoms with E-state index in [0.717, 1.165) is 5.56 Å². The zero-order valence-corrected chi connectivity index (χ0v) is 25.5. The molecule has 2 aromatic carbocycles. The lowest BCUT2D eigenvalue weighted by atomic mass is 9.83. The first-order valence-electron chi connectivity index (χ1n) is 15.1. The van der Waals surface area contributed by atoms with Gasteiger partial charge in [0.25, 0.3) is 0 Å². The average Bonchev–Trinajstić information content (AvgIpc) is 3.73. The van der Waals surface area contributed by atoms with E-state index in [1.54, 1.807) is 18.2 Å². The van der Waals surface area contributed by atoms with E-state index in [-0.39, 0.29) is 30.0 Å². The molecular formula is C32H40N2O12. The Morgan fingerprint density at radius 2 is 1.67 bits per heavy atom. The van der Waals surface area contributed by atoms with Gasteiger partial charge in [0.1, 0.15) is 61.7 Å². The maximum absolute atomic E-state index is 12.9. The van der Waals surface area contributed by atoms with Gasteiger partial charge in [-0.15, -0.1) is 0 Å². The number of benzene rings is 2. The topological polar surface area (TPSA) is 200 Å². The average molecular weight is 645 g/mol. The van der Waals surface area contributed by atoms with Gasteiger partial charge in [-0.1, -0.05) is 36.4 Å². The summed E-state index contributed by atoms with van der Waals surface area (Å²) in [4.78, 5) is 19.0. The van der Waals surface area contributed by atoms with Crippen LogP contribution in [0.15, 0.2) is 54.1 Å². The van der Waals surface area contributed by atoms with Crippen molar-refractivity contribution in [3.8, 4) is 11.5 Å². The van der Waals surface area contributed by atoms with Gasteiger partial charge < -0.3 is 54.9 Å². The number of amides is 1. The minimum Gasteiger partial charge on any atom is -0.504 e. The van der Waals surface area contributed by atoms with Crippen molar-refractivity contribution in [1.29, 1.82) is 0 Å². The number of aliphatic hydroxyl groups excluding tert-OH is 5. The fourth-order valence-corrected chi connectivity index (χ4v) is 6.64. The first kappa shape index (κ1) is 32.8. The molecule has 250 valence electrons. The molecule has 1 aliphatic carbocycles. The van der Waals surface area contributed by atoms with Crippen molar-refractivity contribution >= 4 is 12.0 Å². The third-order valence-corrected chi connectivity index (χ3v) is 9.48. The number of nitrogens with one attached hydrogen (secondary N) is 1. The highest BCUT2D eigenvalue weighted by molar-refractivity contribution is 5.97. The number of phenolic OH excluding ortho intramolecular Hbond substituents is 1. The largest absolute Gasteiger partial charge is 0.504 e. The Morgan fingerprint density at radius 3 is 2.37 bits per heavy atom. The maximum Gasteiger partial charge on any atom is 0.247 e. The summed E-state index contributed by atoms with van der Waals surface area (Å²) in [7, 11) is 1.75. The second-order valence-corrected chi connectivity index (χ2v) is 12.5. The molecule has 3 heterocycles. The van der Waals surface area contributed by atoms with Crippen molar-refractivity contribution in [3.63, 3.8) is 0 Å². The number of likely N-dealkylation sites (N-methyl/N-ethyl adjacent to an activating group) is 1.